The summed E-state index contributed by atoms with van der Waals surface area (Å²) >= 11 is 7.14. The fraction of sp³-hybridized carbons (Fsp3) is 0.385. The molecule has 0 spiro atoms. The predicted molar refractivity (Wildman–Crippen MR) is 80.9 cm³/mol. The minimum Gasteiger partial charge on any atom is -0.302 e. The van der Waals surface area contributed by atoms with Gasteiger partial charge in [-0.25, -0.2) is 0 Å². The molecule has 2 atom stereocenters. The summed E-state index contributed by atoms with van der Waals surface area (Å²) in [6.07, 6.45) is 1.12. The minimum absolute atomic E-state index is 0.401. The molecule has 2 aromatic rings. The molecule has 1 nitrogen and oxygen atoms in total. The molecule has 4 heteroatoms. The predicted octanol–water partition coefficient (Wildman–Crippen LogP) is 5.37. The molecular weight excluding hydrogens is 314 g/mol. The summed E-state index contributed by atoms with van der Waals surface area (Å²) in [5, 5.41) is 7.98. The third-order valence-electron chi connectivity index (χ3n) is 2.76. The van der Waals surface area contributed by atoms with Crippen LogP contribution in [0.15, 0.2) is 33.4 Å². The Balaban J connectivity index is 2.04. The molecule has 0 bridgehead atoms. The second kappa shape index (κ2) is 6.14. The van der Waals surface area contributed by atoms with Gasteiger partial charge in [0.15, 0.2) is 0 Å². The zero-order valence-electron chi connectivity index (χ0n) is 9.94. The van der Waals surface area contributed by atoms with Gasteiger partial charge in [0.25, 0.3) is 0 Å². The van der Waals surface area contributed by atoms with Gasteiger partial charge in [0.05, 0.1) is 0 Å². The summed E-state index contributed by atoms with van der Waals surface area (Å²) in [6.45, 7) is 4.46. The first-order valence-electron chi connectivity index (χ1n) is 5.74. The number of thiophene rings is 2. The van der Waals surface area contributed by atoms with Crippen LogP contribution in [0.3, 0.4) is 0 Å². The largest absolute Gasteiger partial charge is 0.302 e. The maximum Gasteiger partial charge on any atom is 0.0417 e. The Morgan fingerprint density at radius 1 is 1.35 bits per heavy atom. The van der Waals surface area contributed by atoms with Crippen molar-refractivity contribution < 1.29 is 0 Å². The van der Waals surface area contributed by atoms with E-state index in [2.05, 4.69) is 64.1 Å². The van der Waals surface area contributed by atoms with E-state index in [0.717, 1.165) is 6.42 Å². The van der Waals surface area contributed by atoms with Crippen LogP contribution in [0.5, 0.6) is 0 Å². The number of hydrogen-bond acceptors (Lipinski definition) is 3. The molecule has 0 aliphatic heterocycles. The van der Waals surface area contributed by atoms with E-state index in [1.165, 1.54) is 14.2 Å². The van der Waals surface area contributed by atoms with Crippen molar-refractivity contribution in [2.45, 2.75) is 32.4 Å². The van der Waals surface area contributed by atoms with Crippen LogP contribution in [0.2, 0.25) is 0 Å². The maximum absolute atomic E-state index is 3.70. The van der Waals surface area contributed by atoms with Crippen molar-refractivity contribution in [1.82, 2.24) is 5.32 Å². The standard InChI is InChI=1S/C13H16BrNS2/c1-3-11(12-5-4-6-16-12)15-9(2)13-7-10(14)8-17-13/h4-9,11,15H,3H2,1-2H3. The molecule has 0 amide bonds. The molecule has 0 radical (unpaired) electrons. The lowest BCUT2D eigenvalue weighted by Gasteiger charge is -2.20. The second-order valence-electron chi connectivity index (χ2n) is 4.03. The topological polar surface area (TPSA) is 12.0 Å². The van der Waals surface area contributed by atoms with Gasteiger partial charge in [0.1, 0.15) is 0 Å². The van der Waals surface area contributed by atoms with E-state index in [1.807, 2.05) is 11.3 Å². The van der Waals surface area contributed by atoms with Gasteiger partial charge in [-0.1, -0.05) is 13.0 Å². The summed E-state index contributed by atoms with van der Waals surface area (Å²) in [6, 6.07) is 7.40. The molecular formula is C13H16BrNS2. The molecule has 17 heavy (non-hydrogen) atoms. The Hall–Kier alpha value is -0.160. The number of nitrogens with one attached hydrogen (secondary N) is 1. The third kappa shape index (κ3) is 3.41. The molecule has 0 saturated heterocycles. The van der Waals surface area contributed by atoms with Crippen molar-refractivity contribution in [3.8, 4) is 0 Å². The van der Waals surface area contributed by atoms with E-state index in [-0.39, 0.29) is 0 Å². The van der Waals surface area contributed by atoms with Crippen LogP contribution >= 0.6 is 38.6 Å². The van der Waals surface area contributed by atoms with Gasteiger partial charge in [-0.3, -0.25) is 0 Å². The molecule has 0 aliphatic rings. The van der Waals surface area contributed by atoms with Gasteiger partial charge >= 0.3 is 0 Å². The Labute approximate surface area is 119 Å². The smallest absolute Gasteiger partial charge is 0.0417 e. The van der Waals surface area contributed by atoms with E-state index in [0.29, 0.717) is 12.1 Å². The third-order valence-corrected chi connectivity index (χ3v) is 5.62. The van der Waals surface area contributed by atoms with Crippen LogP contribution < -0.4 is 5.32 Å². The van der Waals surface area contributed by atoms with Crippen LogP contribution in [-0.2, 0) is 0 Å². The van der Waals surface area contributed by atoms with Crippen molar-refractivity contribution in [2.24, 2.45) is 0 Å². The highest BCUT2D eigenvalue weighted by Gasteiger charge is 2.15. The van der Waals surface area contributed by atoms with Crippen LogP contribution in [0.1, 0.15) is 42.1 Å². The first-order chi connectivity index (χ1) is 8.20. The Bertz CT molecular complexity index is 450. The first kappa shape index (κ1) is 13.3. The second-order valence-corrected chi connectivity index (χ2v) is 6.87. The van der Waals surface area contributed by atoms with Crippen LogP contribution in [-0.4, -0.2) is 0 Å². The summed E-state index contributed by atoms with van der Waals surface area (Å²) in [7, 11) is 0. The molecule has 0 aliphatic carbocycles. The molecule has 92 valence electrons. The van der Waals surface area contributed by atoms with Crippen LogP contribution in [0, 0.1) is 0 Å². The average molecular weight is 330 g/mol. The molecule has 2 unspecified atom stereocenters. The highest BCUT2D eigenvalue weighted by Crippen LogP contribution is 2.29. The minimum atomic E-state index is 0.401. The zero-order chi connectivity index (χ0) is 12.3. The van der Waals surface area contributed by atoms with Crippen molar-refractivity contribution >= 4 is 38.6 Å². The average Bonchev–Trinajstić information content (AvgIpc) is 2.96. The summed E-state index contributed by atoms with van der Waals surface area (Å²) < 4.78 is 1.18. The van der Waals surface area contributed by atoms with E-state index in [1.54, 1.807) is 11.3 Å². The van der Waals surface area contributed by atoms with Crippen molar-refractivity contribution in [1.29, 1.82) is 0 Å². The van der Waals surface area contributed by atoms with E-state index in [4.69, 9.17) is 0 Å². The van der Waals surface area contributed by atoms with Gasteiger partial charge in [-0.05, 0) is 46.8 Å². The summed E-state index contributed by atoms with van der Waals surface area (Å²) in [4.78, 5) is 2.81. The molecule has 0 saturated carbocycles. The Kier molecular flexibility index (Phi) is 4.79. The van der Waals surface area contributed by atoms with Crippen molar-refractivity contribution in [2.75, 3.05) is 0 Å². The summed E-state index contributed by atoms with van der Waals surface area (Å²) in [5.41, 5.74) is 0. The molecule has 1 N–H and O–H groups in total. The highest BCUT2D eigenvalue weighted by molar-refractivity contribution is 9.10. The maximum atomic E-state index is 3.70. The lowest BCUT2D eigenvalue weighted by Crippen LogP contribution is -2.22. The van der Waals surface area contributed by atoms with Gasteiger partial charge < -0.3 is 5.32 Å². The zero-order valence-corrected chi connectivity index (χ0v) is 13.2. The molecule has 2 heterocycles. The lowest BCUT2D eigenvalue weighted by molar-refractivity contribution is 0.466. The van der Waals surface area contributed by atoms with Gasteiger partial charge in [0, 0.05) is 31.7 Å². The fourth-order valence-electron chi connectivity index (χ4n) is 1.83. The lowest BCUT2D eigenvalue weighted by atomic mass is 10.1. The van der Waals surface area contributed by atoms with Crippen LogP contribution in [0.4, 0.5) is 0 Å². The number of hydrogen-bond donors (Lipinski definition) is 1. The fourth-order valence-corrected chi connectivity index (χ4v) is 4.16. The van der Waals surface area contributed by atoms with Crippen LogP contribution in [0.25, 0.3) is 0 Å². The number of rotatable bonds is 5. The van der Waals surface area contributed by atoms with E-state index < -0.39 is 0 Å². The molecule has 2 rings (SSSR count). The van der Waals surface area contributed by atoms with Gasteiger partial charge in [-0.2, -0.15) is 0 Å². The summed E-state index contributed by atoms with van der Waals surface area (Å²) in [5.74, 6) is 0. The van der Waals surface area contributed by atoms with E-state index in [9.17, 15) is 0 Å². The highest BCUT2D eigenvalue weighted by atomic mass is 79.9. The monoisotopic (exact) mass is 329 g/mol. The van der Waals surface area contributed by atoms with Crippen molar-refractivity contribution in [3.63, 3.8) is 0 Å². The SMILES string of the molecule is CCC(NC(C)c1cc(Br)cs1)c1cccs1. The Morgan fingerprint density at radius 3 is 2.71 bits per heavy atom. The normalized spacial score (nSPS) is 14.8. The van der Waals surface area contributed by atoms with Gasteiger partial charge in [-0.15, -0.1) is 22.7 Å². The quantitative estimate of drug-likeness (QED) is 0.777. The first-order valence-corrected chi connectivity index (χ1v) is 8.29. The molecule has 0 aromatic carbocycles. The number of halogens is 1. The molecule has 0 fully saturated rings. The van der Waals surface area contributed by atoms with E-state index >= 15 is 0 Å². The molecule has 2 aromatic heterocycles. The van der Waals surface area contributed by atoms with Crippen molar-refractivity contribution in [3.05, 3.63) is 43.2 Å². The van der Waals surface area contributed by atoms with Gasteiger partial charge in [0.2, 0.25) is 0 Å². The Morgan fingerprint density at radius 2 is 2.18 bits per heavy atom.